The number of unbranched alkanes of at least 4 members (excludes halogenated alkanes) is 14. The molecule has 0 spiro atoms. The Morgan fingerprint density at radius 3 is 1.77 bits per heavy atom. The van der Waals surface area contributed by atoms with Crippen LogP contribution in [0, 0.1) is 0 Å². The number of H-pyrrole nitrogens is 1. The van der Waals surface area contributed by atoms with Gasteiger partial charge in [0.15, 0.2) is 0 Å². The molecule has 0 unspecified atom stereocenters. The molecular formula is C24H39N2NaO6S2. The molecule has 0 aliphatic heterocycles. The van der Waals surface area contributed by atoms with Gasteiger partial charge in [0.25, 0.3) is 5.16 Å². The van der Waals surface area contributed by atoms with Crippen LogP contribution in [0.25, 0.3) is 11.0 Å². The minimum Gasteiger partial charge on any atom is -0.744 e. The maximum absolute atomic E-state index is 12.4. The second kappa shape index (κ2) is 17.1. The third-order valence-electron chi connectivity index (χ3n) is 5.95. The Hall–Kier alpha value is -0.490. The van der Waals surface area contributed by atoms with E-state index in [1.165, 1.54) is 82.8 Å². The summed E-state index contributed by atoms with van der Waals surface area (Å²) in [6.45, 7) is 2.28. The number of rotatable bonds is 19. The predicted octanol–water partition coefficient (Wildman–Crippen LogP) is 3.05. The zero-order valence-corrected chi connectivity index (χ0v) is 24.9. The molecule has 0 saturated heterocycles. The fourth-order valence-electron chi connectivity index (χ4n) is 4.00. The van der Waals surface area contributed by atoms with Crippen molar-refractivity contribution in [2.45, 2.75) is 113 Å². The minimum absolute atomic E-state index is 0. The van der Waals surface area contributed by atoms with Gasteiger partial charge in [-0.2, -0.15) is 8.42 Å². The van der Waals surface area contributed by atoms with Crippen molar-refractivity contribution in [3.8, 4) is 0 Å². The number of nitrogens with one attached hydrogen (secondary N) is 1. The van der Waals surface area contributed by atoms with Crippen molar-refractivity contribution in [3.63, 3.8) is 0 Å². The van der Waals surface area contributed by atoms with Gasteiger partial charge in [0.05, 0.1) is 17.0 Å². The fourth-order valence-corrected chi connectivity index (χ4v) is 5.53. The zero-order chi connectivity index (χ0) is 24.9. The molecular weight excluding hydrogens is 499 g/mol. The number of hydrogen-bond donors (Lipinski definition) is 1. The number of aromatic amines is 1. The van der Waals surface area contributed by atoms with Crippen molar-refractivity contribution in [1.82, 2.24) is 9.97 Å². The SMILES string of the molecule is CCCCCCCCCCCCCCCCCOS(=O)(=O)c1nc2c(S(=O)(=O)[O-])cccc2[nH]1.[Na+]. The third kappa shape index (κ3) is 12.1. The Bertz CT molecular complexity index is 1070. The molecule has 0 amide bonds. The smallest absolute Gasteiger partial charge is 0.744 e. The third-order valence-corrected chi connectivity index (χ3v) is 7.96. The minimum atomic E-state index is -4.77. The van der Waals surface area contributed by atoms with Crippen LogP contribution in [0.5, 0.6) is 0 Å². The average Bonchev–Trinajstić information content (AvgIpc) is 3.23. The number of nitrogens with zero attached hydrogens (tertiary/aromatic N) is 1. The van der Waals surface area contributed by atoms with Gasteiger partial charge >= 0.3 is 39.7 Å². The van der Waals surface area contributed by atoms with Crippen molar-refractivity contribution < 1.29 is 55.1 Å². The number of aromatic nitrogens is 2. The van der Waals surface area contributed by atoms with Gasteiger partial charge in [-0.3, -0.25) is 4.18 Å². The van der Waals surface area contributed by atoms with Crippen molar-refractivity contribution in [1.29, 1.82) is 0 Å². The summed E-state index contributed by atoms with van der Waals surface area (Å²) in [7, 11) is -8.94. The molecule has 2 rings (SSSR count). The Morgan fingerprint density at radius 1 is 0.800 bits per heavy atom. The van der Waals surface area contributed by atoms with E-state index < -0.39 is 30.3 Å². The second-order valence-electron chi connectivity index (χ2n) is 8.87. The van der Waals surface area contributed by atoms with Gasteiger partial charge in [0, 0.05) is 0 Å². The van der Waals surface area contributed by atoms with Crippen molar-refractivity contribution >= 4 is 31.3 Å². The van der Waals surface area contributed by atoms with Crippen LogP contribution in [-0.4, -0.2) is 38.0 Å². The molecule has 1 N–H and O–H groups in total. The van der Waals surface area contributed by atoms with E-state index in [2.05, 4.69) is 16.9 Å². The van der Waals surface area contributed by atoms with Crippen LogP contribution in [0.15, 0.2) is 28.3 Å². The summed E-state index contributed by atoms with van der Waals surface area (Å²) in [6.07, 6.45) is 18.2. The molecule has 0 saturated carbocycles. The first-order valence-corrected chi connectivity index (χ1v) is 15.4. The maximum Gasteiger partial charge on any atom is 1.00 e. The van der Waals surface area contributed by atoms with E-state index in [1.54, 1.807) is 0 Å². The Balaban J connectivity index is 0.00000612. The van der Waals surface area contributed by atoms with Crippen molar-refractivity contribution in [2.24, 2.45) is 0 Å². The van der Waals surface area contributed by atoms with Gasteiger partial charge < -0.3 is 9.54 Å². The van der Waals surface area contributed by atoms with E-state index in [0.29, 0.717) is 6.42 Å². The Morgan fingerprint density at radius 2 is 1.29 bits per heavy atom. The largest absolute Gasteiger partial charge is 1.00 e. The summed E-state index contributed by atoms with van der Waals surface area (Å²) < 4.78 is 63.8. The van der Waals surface area contributed by atoms with Gasteiger partial charge in [0.2, 0.25) is 0 Å². The summed E-state index contributed by atoms with van der Waals surface area (Å²) in [6, 6.07) is 3.89. The molecule has 0 atom stereocenters. The molecule has 0 fully saturated rings. The molecule has 1 aromatic heterocycles. The molecule has 0 aliphatic rings. The van der Waals surface area contributed by atoms with Gasteiger partial charge in [-0.25, -0.2) is 13.4 Å². The summed E-state index contributed by atoms with van der Waals surface area (Å²) in [5, 5.41) is -0.500. The molecule has 0 aliphatic carbocycles. The predicted molar refractivity (Wildman–Crippen MR) is 132 cm³/mol. The number of benzene rings is 1. The van der Waals surface area contributed by atoms with Crippen LogP contribution in [-0.2, 0) is 24.4 Å². The van der Waals surface area contributed by atoms with E-state index >= 15 is 0 Å². The zero-order valence-electron chi connectivity index (χ0n) is 21.3. The van der Waals surface area contributed by atoms with Crippen LogP contribution in [0.3, 0.4) is 0 Å². The summed E-state index contributed by atoms with van der Waals surface area (Å²) in [5.41, 5.74) is -0.0577. The number of fused-ring (bicyclic) bond motifs is 1. The van der Waals surface area contributed by atoms with Gasteiger partial charge in [-0.05, 0) is 18.6 Å². The molecule has 0 radical (unpaired) electrons. The van der Waals surface area contributed by atoms with Crippen molar-refractivity contribution in [3.05, 3.63) is 18.2 Å². The second-order valence-corrected chi connectivity index (χ2v) is 11.8. The van der Waals surface area contributed by atoms with Crippen LogP contribution < -0.4 is 29.6 Å². The van der Waals surface area contributed by atoms with E-state index in [4.69, 9.17) is 4.18 Å². The summed E-state index contributed by atoms with van der Waals surface area (Å²) in [4.78, 5) is 5.76. The van der Waals surface area contributed by atoms with E-state index in [1.807, 2.05) is 0 Å². The molecule has 11 heteroatoms. The molecule has 1 heterocycles. The molecule has 8 nitrogen and oxygen atoms in total. The van der Waals surface area contributed by atoms with E-state index in [9.17, 15) is 21.4 Å². The number of imidazole rings is 1. The molecule has 2 aromatic rings. The van der Waals surface area contributed by atoms with Crippen LogP contribution in [0.1, 0.15) is 103 Å². The first kappa shape index (κ1) is 32.5. The average molecular weight is 539 g/mol. The van der Waals surface area contributed by atoms with Crippen LogP contribution >= 0.6 is 0 Å². The normalized spacial score (nSPS) is 12.2. The molecule has 194 valence electrons. The molecule has 35 heavy (non-hydrogen) atoms. The summed E-state index contributed by atoms with van der Waals surface area (Å²) in [5.74, 6) is 0. The van der Waals surface area contributed by atoms with Gasteiger partial charge in [-0.1, -0.05) is 103 Å². The summed E-state index contributed by atoms with van der Waals surface area (Å²) >= 11 is 0. The first-order chi connectivity index (χ1) is 16.3. The Labute approximate surface area is 233 Å². The fraction of sp³-hybridized carbons (Fsp3) is 0.708. The van der Waals surface area contributed by atoms with Crippen molar-refractivity contribution in [2.75, 3.05) is 6.61 Å². The quantitative estimate of drug-likeness (QED) is 0.126. The molecule has 1 aromatic carbocycles. The standard InChI is InChI=1S/C24H40N2O6S2.Na/c1-2-3-4-5-6-7-8-9-10-11-12-13-14-15-16-20-32-34(30,31)24-25-21-18-17-19-22(23(21)26-24)33(27,28)29;/h17-19H,2-16,20H2,1H3,(H,25,26)(H,27,28,29);/q;+1/p-1. The van der Waals surface area contributed by atoms with Gasteiger partial charge in [0.1, 0.15) is 15.6 Å². The topological polar surface area (TPSA) is 129 Å². The number of hydrogen-bond acceptors (Lipinski definition) is 7. The van der Waals surface area contributed by atoms with E-state index in [-0.39, 0.29) is 47.2 Å². The van der Waals surface area contributed by atoms with Crippen LogP contribution in [0.4, 0.5) is 0 Å². The number of para-hydroxylation sites is 1. The maximum atomic E-state index is 12.4. The Kier molecular flexibility index (Phi) is 15.9. The molecule has 0 bridgehead atoms. The first-order valence-electron chi connectivity index (χ1n) is 12.6. The van der Waals surface area contributed by atoms with Gasteiger partial charge in [-0.15, -0.1) is 0 Å². The van der Waals surface area contributed by atoms with E-state index in [0.717, 1.165) is 25.3 Å². The van der Waals surface area contributed by atoms with Crippen LogP contribution in [0.2, 0.25) is 0 Å². The monoisotopic (exact) mass is 538 g/mol.